The van der Waals surface area contributed by atoms with Gasteiger partial charge in [-0.15, -0.1) is 0 Å². The van der Waals surface area contributed by atoms with E-state index in [1.165, 1.54) is 12.2 Å². The fraction of sp³-hybridized carbons (Fsp3) is 0.600. The molecule has 1 aliphatic heterocycles. The van der Waals surface area contributed by atoms with Crippen LogP contribution in [0, 0.1) is 0 Å². The van der Waals surface area contributed by atoms with Crippen LogP contribution in [0.5, 0.6) is 0 Å². The molecule has 0 saturated heterocycles. The highest BCUT2D eigenvalue weighted by Gasteiger charge is 2.29. The van der Waals surface area contributed by atoms with Crippen molar-refractivity contribution in [1.82, 2.24) is 5.32 Å². The van der Waals surface area contributed by atoms with E-state index in [9.17, 15) is 9.59 Å². The van der Waals surface area contributed by atoms with E-state index in [0.717, 1.165) is 0 Å². The second-order valence-corrected chi connectivity index (χ2v) is 3.67. The fourth-order valence-corrected chi connectivity index (χ4v) is 1.03. The molecule has 0 aromatic heterocycles. The van der Waals surface area contributed by atoms with E-state index < -0.39 is 37.6 Å². The summed E-state index contributed by atoms with van der Waals surface area (Å²) < 4.78 is 0. The molecule has 0 aromatic carbocycles. The summed E-state index contributed by atoms with van der Waals surface area (Å²) >= 11 is 0. The lowest BCUT2D eigenvalue weighted by Gasteiger charge is -2.24. The number of hydrogen-bond acceptors (Lipinski definition) is 8. The topological polar surface area (TPSA) is 168 Å². The zero-order valence-corrected chi connectivity index (χ0v) is 9.88. The van der Waals surface area contributed by atoms with Crippen LogP contribution in [0.2, 0.25) is 0 Å². The smallest absolute Gasteiger partial charge is 0.250 e. The third-order valence-electron chi connectivity index (χ3n) is 2.14. The number of hydrogen-bond donors (Lipinski definition) is 7. The maximum absolute atomic E-state index is 10.0. The van der Waals surface area contributed by atoms with Gasteiger partial charge in [0.2, 0.25) is 0 Å². The minimum atomic E-state index is -1.67. The monoisotopic (exact) mass is 279 g/mol. The Morgan fingerprint density at radius 1 is 0.842 bits per heavy atom. The van der Waals surface area contributed by atoms with Crippen LogP contribution in [0.15, 0.2) is 12.2 Å². The minimum Gasteiger partial charge on any atom is -0.394 e. The first-order valence-electron chi connectivity index (χ1n) is 5.30. The lowest BCUT2D eigenvalue weighted by molar-refractivity contribution is -0.123. The number of rotatable bonds is 5. The molecule has 0 radical (unpaired) electrons. The lowest BCUT2D eigenvalue weighted by Crippen LogP contribution is -2.46. The average molecular weight is 279 g/mol. The molecule has 0 unspecified atom stereocenters. The predicted octanol–water partition coefficient (Wildman–Crippen LogP) is -4.39. The van der Waals surface area contributed by atoms with E-state index in [2.05, 4.69) is 0 Å². The largest absolute Gasteiger partial charge is 0.394 e. The van der Waals surface area contributed by atoms with Gasteiger partial charge in [-0.2, -0.15) is 0 Å². The van der Waals surface area contributed by atoms with E-state index in [-0.39, 0.29) is 11.8 Å². The van der Waals surface area contributed by atoms with Crippen molar-refractivity contribution in [3.63, 3.8) is 0 Å². The molecule has 4 atom stereocenters. The number of carbonyl (C=O) groups excluding carboxylic acids is 2. The van der Waals surface area contributed by atoms with Crippen molar-refractivity contribution in [3.05, 3.63) is 12.2 Å². The van der Waals surface area contributed by atoms with Crippen molar-refractivity contribution >= 4 is 11.8 Å². The van der Waals surface area contributed by atoms with Crippen molar-refractivity contribution in [2.75, 3.05) is 13.2 Å². The molecule has 0 aliphatic carbocycles. The zero-order valence-electron chi connectivity index (χ0n) is 9.88. The lowest BCUT2D eigenvalue weighted by atomic mass is 10.0. The van der Waals surface area contributed by atoms with Gasteiger partial charge < -0.3 is 30.6 Å². The van der Waals surface area contributed by atoms with Gasteiger partial charge in [0.1, 0.15) is 24.4 Å². The quantitative estimate of drug-likeness (QED) is 0.248. The number of imide groups is 1. The predicted molar refractivity (Wildman–Crippen MR) is 60.5 cm³/mol. The van der Waals surface area contributed by atoms with Gasteiger partial charge in [0, 0.05) is 12.2 Å². The summed E-state index contributed by atoms with van der Waals surface area (Å²) in [5.74, 6) is -0.657. The standard InChI is InChI=1S/C6H14O6.C4H3NO2/c7-1-3(9)5(11)6(12)4(10)2-8;6-3-1-2-4(7)5-3/h3-12H,1-2H2;1-2H,(H,5,6,7)/t3-,4-,5-,6-;/m1./s1. The average Bonchev–Trinajstić information content (AvgIpc) is 2.79. The molecule has 2 amide bonds. The normalized spacial score (nSPS) is 20.1. The van der Waals surface area contributed by atoms with Crippen LogP contribution in [-0.4, -0.2) is 80.1 Å². The van der Waals surface area contributed by atoms with E-state index in [1.54, 1.807) is 0 Å². The van der Waals surface area contributed by atoms with Crippen LogP contribution >= 0.6 is 0 Å². The first-order chi connectivity index (χ1) is 8.83. The number of amides is 2. The van der Waals surface area contributed by atoms with Crippen molar-refractivity contribution in [1.29, 1.82) is 0 Å². The molecule has 0 aromatic rings. The molecule has 1 rings (SSSR count). The maximum atomic E-state index is 10.0. The Bertz CT molecular complexity index is 301. The SMILES string of the molecule is O=C1C=CC(=O)N1.OC[C@@H](O)[C@@H](O)[C@H](O)[C@H](O)CO. The van der Waals surface area contributed by atoms with Gasteiger partial charge in [-0.25, -0.2) is 0 Å². The van der Waals surface area contributed by atoms with Crippen molar-refractivity contribution in [2.24, 2.45) is 0 Å². The summed E-state index contributed by atoms with van der Waals surface area (Å²) in [7, 11) is 0. The number of aliphatic hydroxyl groups is 6. The summed E-state index contributed by atoms with van der Waals surface area (Å²) in [5, 5.41) is 54.2. The van der Waals surface area contributed by atoms with Crippen molar-refractivity contribution < 1.29 is 40.2 Å². The first kappa shape index (κ1) is 17.6. The molecule has 19 heavy (non-hydrogen) atoms. The number of nitrogens with one attached hydrogen (secondary N) is 1. The third kappa shape index (κ3) is 6.38. The van der Waals surface area contributed by atoms with Gasteiger partial charge >= 0.3 is 0 Å². The molecule has 0 saturated carbocycles. The second kappa shape index (κ2) is 8.69. The highest BCUT2D eigenvalue weighted by molar-refractivity contribution is 6.12. The number of aliphatic hydroxyl groups excluding tert-OH is 6. The minimum absolute atomic E-state index is 0.329. The van der Waals surface area contributed by atoms with Gasteiger partial charge in [0.05, 0.1) is 13.2 Å². The Labute approximate surface area is 108 Å². The molecule has 0 spiro atoms. The Morgan fingerprint density at radius 2 is 1.16 bits per heavy atom. The van der Waals surface area contributed by atoms with Crippen LogP contribution in [0.3, 0.4) is 0 Å². The van der Waals surface area contributed by atoms with Gasteiger partial charge in [-0.1, -0.05) is 0 Å². The molecule has 7 N–H and O–H groups in total. The van der Waals surface area contributed by atoms with Crippen LogP contribution in [0.4, 0.5) is 0 Å². The van der Waals surface area contributed by atoms with Crippen LogP contribution < -0.4 is 5.32 Å². The molecule has 1 heterocycles. The zero-order chi connectivity index (χ0) is 15.0. The van der Waals surface area contributed by atoms with E-state index in [1.807, 2.05) is 5.32 Å². The molecule has 0 fully saturated rings. The summed E-state index contributed by atoms with van der Waals surface area (Å²) in [4.78, 5) is 20.1. The van der Waals surface area contributed by atoms with Crippen LogP contribution in [-0.2, 0) is 9.59 Å². The van der Waals surface area contributed by atoms with Gasteiger partial charge in [-0.3, -0.25) is 14.9 Å². The summed E-state index contributed by atoms with van der Waals surface area (Å²) in [6.45, 7) is -1.45. The van der Waals surface area contributed by atoms with E-state index >= 15 is 0 Å². The van der Waals surface area contributed by atoms with Gasteiger partial charge in [0.15, 0.2) is 0 Å². The first-order valence-corrected chi connectivity index (χ1v) is 5.30. The summed E-state index contributed by atoms with van der Waals surface area (Å²) in [5.41, 5.74) is 0. The molecule has 0 bridgehead atoms. The molecular formula is C10H17NO8. The molecule has 9 heteroatoms. The molecule has 110 valence electrons. The highest BCUT2D eigenvalue weighted by atomic mass is 16.4. The van der Waals surface area contributed by atoms with Crippen LogP contribution in [0.25, 0.3) is 0 Å². The summed E-state index contributed by atoms with van der Waals surface area (Å²) in [6, 6.07) is 0. The Kier molecular flexibility index (Phi) is 8.07. The summed E-state index contributed by atoms with van der Waals surface area (Å²) in [6.07, 6.45) is -4.00. The van der Waals surface area contributed by atoms with E-state index in [4.69, 9.17) is 30.6 Å². The third-order valence-corrected chi connectivity index (χ3v) is 2.14. The van der Waals surface area contributed by atoms with Gasteiger partial charge in [-0.05, 0) is 0 Å². The highest BCUT2D eigenvalue weighted by Crippen LogP contribution is 2.03. The van der Waals surface area contributed by atoms with Crippen molar-refractivity contribution in [2.45, 2.75) is 24.4 Å². The Hall–Kier alpha value is -1.36. The number of carbonyl (C=O) groups is 2. The molecular weight excluding hydrogens is 262 g/mol. The maximum Gasteiger partial charge on any atom is 0.250 e. The Morgan fingerprint density at radius 3 is 1.32 bits per heavy atom. The Balaban J connectivity index is 0.000000388. The molecule has 9 nitrogen and oxygen atoms in total. The van der Waals surface area contributed by atoms with Crippen molar-refractivity contribution in [3.8, 4) is 0 Å². The fourth-order valence-electron chi connectivity index (χ4n) is 1.03. The molecule has 1 aliphatic rings. The van der Waals surface area contributed by atoms with E-state index in [0.29, 0.717) is 0 Å². The van der Waals surface area contributed by atoms with Gasteiger partial charge in [0.25, 0.3) is 11.8 Å². The van der Waals surface area contributed by atoms with Crippen LogP contribution in [0.1, 0.15) is 0 Å². The second-order valence-electron chi connectivity index (χ2n) is 3.67.